The molecule has 0 saturated heterocycles. The Morgan fingerprint density at radius 3 is 2.50 bits per heavy atom. The van der Waals surface area contributed by atoms with Gasteiger partial charge in [-0.1, -0.05) is 35.3 Å². The average Bonchev–Trinajstić information content (AvgIpc) is 3.31. The van der Waals surface area contributed by atoms with Gasteiger partial charge < -0.3 is 19.2 Å². The molecule has 4 rings (SSSR count). The molecule has 0 aliphatic carbocycles. The first-order valence-electron chi connectivity index (χ1n) is 9.54. The lowest BCUT2D eigenvalue weighted by Gasteiger charge is -2.09. The van der Waals surface area contributed by atoms with Crippen LogP contribution >= 0.6 is 23.2 Å². The van der Waals surface area contributed by atoms with Gasteiger partial charge >= 0.3 is 0 Å². The van der Waals surface area contributed by atoms with E-state index in [-0.39, 0.29) is 5.91 Å². The van der Waals surface area contributed by atoms with E-state index in [1.807, 2.05) is 12.1 Å². The fourth-order valence-corrected chi connectivity index (χ4v) is 3.46. The number of aromatic nitrogens is 1. The summed E-state index contributed by atoms with van der Waals surface area (Å²) in [4.78, 5) is 17.3. The minimum Gasteiger partial charge on any atom is -0.497 e. The van der Waals surface area contributed by atoms with Gasteiger partial charge in [-0.2, -0.15) is 0 Å². The SMILES string of the molecule is COc1ccc(-c2cnc(-c3ccccc3C(=O)Nc3ccc(Cl)c(Cl)c3)o2)c(OC)c1. The van der Waals surface area contributed by atoms with E-state index < -0.39 is 0 Å². The fourth-order valence-electron chi connectivity index (χ4n) is 3.17. The van der Waals surface area contributed by atoms with Crippen molar-refractivity contribution < 1.29 is 18.7 Å². The third-order valence-electron chi connectivity index (χ3n) is 4.76. The number of ether oxygens (including phenoxy) is 2. The number of anilines is 1. The van der Waals surface area contributed by atoms with E-state index >= 15 is 0 Å². The molecular weight excluding hydrogens is 451 g/mol. The lowest BCUT2D eigenvalue weighted by molar-refractivity contribution is 0.102. The van der Waals surface area contributed by atoms with E-state index in [9.17, 15) is 4.79 Å². The second kappa shape index (κ2) is 9.34. The quantitative estimate of drug-likeness (QED) is 0.345. The molecule has 0 aliphatic heterocycles. The Morgan fingerprint density at radius 1 is 0.938 bits per heavy atom. The summed E-state index contributed by atoms with van der Waals surface area (Å²) in [6.45, 7) is 0. The highest BCUT2D eigenvalue weighted by atomic mass is 35.5. The van der Waals surface area contributed by atoms with Gasteiger partial charge in [-0.05, 0) is 42.5 Å². The summed E-state index contributed by atoms with van der Waals surface area (Å²) in [7, 11) is 3.15. The molecule has 0 radical (unpaired) electrons. The Hall–Kier alpha value is -3.48. The van der Waals surface area contributed by atoms with Crippen LogP contribution in [-0.4, -0.2) is 25.1 Å². The molecule has 3 aromatic carbocycles. The van der Waals surface area contributed by atoms with Crippen molar-refractivity contribution in [3.05, 3.63) is 82.5 Å². The van der Waals surface area contributed by atoms with E-state index in [1.165, 1.54) is 0 Å². The van der Waals surface area contributed by atoms with Gasteiger partial charge in [0.2, 0.25) is 5.89 Å². The molecular formula is C24H18Cl2N2O4. The summed E-state index contributed by atoms with van der Waals surface area (Å²) in [5.41, 5.74) is 2.18. The van der Waals surface area contributed by atoms with Gasteiger partial charge in [0.25, 0.3) is 5.91 Å². The molecule has 0 saturated carbocycles. The van der Waals surface area contributed by atoms with Gasteiger partial charge in [0.1, 0.15) is 11.5 Å². The van der Waals surface area contributed by atoms with Crippen LogP contribution in [0.5, 0.6) is 11.5 Å². The van der Waals surface area contributed by atoms with Crippen LogP contribution in [0.25, 0.3) is 22.8 Å². The summed E-state index contributed by atoms with van der Waals surface area (Å²) in [6, 6.07) is 17.3. The number of halogens is 2. The monoisotopic (exact) mass is 468 g/mol. The summed E-state index contributed by atoms with van der Waals surface area (Å²) >= 11 is 12.0. The first kappa shape index (κ1) is 21.7. The van der Waals surface area contributed by atoms with Crippen molar-refractivity contribution >= 4 is 34.8 Å². The molecule has 1 N–H and O–H groups in total. The number of nitrogens with one attached hydrogen (secondary N) is 1. The van der Waals surface area contributed by atoms with E-state index in [2.05, 4.69) is 10.3 Å². The van der Waals surface area contributed by atoms with Crippen LogP contribution in [0, 0.1) is 0 Å². The number of benzene rings is 3. The van der Waals surface area contributed by atoms with E-state index in [0.29, 0.717) is 55.6 Å². The van der Waals surface area contributed by atoms with Crippen LogP contribution < -0.4 is 14.8 Å². The number of methoxy groups -OCH3 is 2. The Balaban J connectivity index is 1.66. The molecule has 8 heteroatoms. The average molecular weight is 469 g/mol. The zero-order chi connectivity index (χ0) is 22.7. The fraction of sp³-hybridized carbons (Fsp3) is 0.0833. The summed E-state index contributed by atoms with van der Waals surface area (Å²) < 4.78 is 16.7. The zero-order valence-corrected chi connectivity index (χ0v) is 18.7. The summed E-state index contributed by atoms with van der Waals surface area (Å²) in [5.74, 6) is 1.71. The summed E-state index contributed by atoms with van der Waals surface area (Å²) in [5, 5.41) is 3.58. The number of amides is 1. The first-order valence-corrected chi connectivity index (χ1v) is 10.3. The van der Waals surface area contributed by atoms with Crippen LogP contribution in [0.3, 0.4) is 0 Å². The Kier molecular flexibility index (Phi) is 6.35. The lowest BCUT2D eigenvalue weighted by Crippen LogP contribution is -2.13. The van der Waals surface area contributed by atoms with E-state index in [0.717, 1.165) is 0 Å². The molecule has 0 bridgehead atoms. The molecule has 0 fully saturated rings. The maximum absolute atomic E-state index is 13.0. The summed E-state index contributed by atoms with van der Waals surface area (Å²) in [6.07, 6.45) is 1.59. The molecule has 1 aromatic heterocycles. The molecule has 0 unspecified atom stereocenters. The van der Waals surface area contributed by atoms with Crippen molar-refractivity contribution in [3.63, 3.8) is 0 Å². The number of carbonyl (C=O) groups is 1. The second-order valence-corrected chi connectivity index (χ2v) is 7.54. The van der Waals surface area contributed by atoms with Crippen LogP contribution in [-0.2, 0) is 0 Å². The predicted molar refractivity (Wildman–Crippen MR) is 125 cm³/mol. The molecule has 1 amide bonds. The Bertz CT molecular complexity index is 1290. The van der Waals surface area contributed by atoms with Gasteiger partial charge in [-0.25, -0.2) is 4.98 Å². The van der Waals surface area contributed by atoms with Crippen molar-refractivity contribution in [2.75, 3.05) is 19.5 Å². The van der Waals surface area contributed by atoms with Gasteiger partial charge in [-0.15, -0.1) is 0 Å². The van der Waals surface area contributed by atoms with Crippen LogP contribution in [0.4, 0.5) is 5.69 Å². The van der Waals surface area contributed by atoms with Crippen molar-refractivity contribution in [2.24, 2.45) is 0 Å². The highest BCUT2D eigenvalue weighted by Gasteiger charge is 2.19. The van der Waals surface area contributed by atoms with Crippen LogP contribution in [0.1, 0.15) is 10.4 Å². The number of hydrogen-bond acceptors (Lipinski definition) is 5. The highest BCUT2D eigenvalue weighted by molar-refractivity contribution is 6.42. The van der Waals surface area contributed by atoms with Crippen molar-refractivity contribution in [3.8, 4) is 34.3 Å². The van der Waals surface area contributed by atoms with Crippen LogP contribution in [0.2, 0.25) is 10.0 Å². The van der Waals surface area contributed by atoms with Gasteiger partial charge in [0.15, 0.2) is 5.76 Å². The van der Waals surface area contributed by atoms with Crippen LogP contribution in [0.15, 0.2) is 71.3 Å². The predicted octanol–water partition coefficient (Wildman–Crippen LogP) is 6.58. The van der Waals surface area contributed by atoms with Gasteiger partial charge in [0, 0.05) is 17.3 Å². The zero-order valence-electron chi connectivity index (χ0n) is 17.2. The first-order chi connectivity index (χ1) is 15.5. The maximum Gasteiger partial charge on any atom is 0.256 e. The molecule has 6 nitrogen and oxygen atoms in total. The second-order valence-electron chi connectivity index (χ2n) is 6.72. The number of nitrogens with zero attached hydrogens (tertiary/aromatic N) is 1. The Morgan fingerprint density at radius 2 is 1.75 bits per heavy atom. The largest absolute Gasteiger partial charge is 0.497 e. The molecule has 0 spiro atoms. The molecule has 0 atom stereocenters. The van der Waals surface area contributed by atoms with Gasteiger partial charge in [0.05, 0.1) is 41.6 Å². The maximum atomic E-state index is 13.0. The molecule has 4 aromatic rings. The van der Waals surface area contributed by atoms with Crippen molar-refractivity contribution in [1.29, 1.82) is 0 Å². The molecule has 0 aliphatic rings. The van der Waals surface area contributed by atoms with E-state index in [4.69, 9.17) is 37.1 Å². The minimum atomic E-state index is -0.333. The highest BCUT2D eigenvalue weighted by Crippen LogP contribution is 2.36. The molecule has 1 heterocycles. The standard InChI is InChI=1S/C24H18Cl2N2O4/c1-30-15-8-9-18(21(12-15)31-2)22-13-27-24(32-22)17-6-4-3-5-16(17)23(29)28-14-7-10-19(25)20(26)11-14/h3-13H,1-2H3,(H,28,29). The van der Waals surface area contributed by atoms with E-state index in [1.54, 1.807) is 68.9 Å². The number of rotatable bonds is 6. The van der Waals surface area contributed by atoms with Crippen molar-refractivity contribution in [2.45, 2.75) is 0 Å². The normalized spacial score (nSPS) is 10.6. The number of oxazole rings is 1. The number of carbonyl (C=O) groups excluding carboxylic acids is 1. The Labute approximate surface area is 194 Å². The molecule has 32 heavy (non-hydrogen) atoms. The third-order valence-corrected chi connectivity index (χ3v) is 5.50. The topological polar surface area (TPSA) is 73.6 Å². The van der Waals surface area contributed by atoms with Crippen molar-refractivity contribution in [1.82, 2.24) is 4.98 Å². The smallest absolute Gasteiger partial charge is 0.256 e. The number of hydrogen-bond donors (Lipinski definition) is 1. The minimum absolute atomic E-state index is 0.303. The lowest BCUT2D eigenvalue weighted by atomic mass is 10.1. The third kappa shape index (κ3) is 4.42. The molecule has 162 valence electrons. The van der Waals surface area contributed by atoms with Gasteiger partial charge in [-0.3, -0.25) is 4.79 Å².